The number of aliphatic hydroxyl groups is 4. The number of hydrogen-bond donors (Lipinski definition) is 5. The molecule has 4 aliphatic rings. The first-order valence-corrected chi connectivity index (χ1v) is 12.0. The summed E-state index contributed by atoms with van der Waals surface area (Å²) in [7, 11) is 0. The molecule has 0 amide bonds. The average molecular weight is 425 g/mol. The molecule has 4 aliphatic carbocycles. The first-order valence-electron chi connectivity index (χ1n) is 12.0. The number of aliphatic carboxylic acids is 1. The van der Waals surface area contributed by atoms with Crippen molar-refractivity contribution in [2.24, 2.45) is 46.3 Å². The Balaban J connectivity index is 1.64. The van der Waals surface area contributed by atoms with Crippen molar-refractivity contribution < 1.29 is 30.3 Å². The van der Waals surface area contributed by atoms with Crippen molar-refractivity contribution in [2.45, 2.75) is 96.6 Å². The van der Waals surface area contributed by atoms with Crippen molar-refractivity contribution in [1.82, 2.24) is 0 Å². The molecule has 0 spiro atoms. The molecule has 0 bridgehead atoms. The second-order valence-corrected chi connectivity index (χ2v) is 11.5. The Morgan fingerprint density at radius 2 is 1.67 bits per heavy atom. The Labute approximate surface area is 179 Å². The lowest BCUT2D eigenvalue weighted by Gasteiger charge is -2.64. The lowest BCUT2D eigenvalue weighted by atomic mass is 9.42. The van der Waals surface area contributed by atoms with Gasteiger partial charge in [-0.3, -0.25) is 4.79 Å². The van der Waals surface area contributed by atoms with Crippen molar-refractivity contribution in [3.8, 4) is 0 Å². The maximum Gasteiger partial charge on any atom is 0.303 e. The first-order chi connectivity index (χ1) is 14.0. The van der Waals surface area contributed by atoms with Gasteiger partial charge in [-0.25, -0.2) is 0 Å². The molecule has 0 aromatic rings. The summed E-state index contributed by atoms with van der Waals surface area (Å²) in [6.07, 6.45) is 2.67. The summed E-state index contributed by atoms with van der Waals surface area (Å²) < 4.78 is 0. The molecule has 6 nitrogen and oxygen atoms in total. The number of hydrogen-bond acceptors (Lipinski definition) is 5. The van der Waals surface area contributed by atoms with E-state index in [1.807, 2.05) is 0 Å². The van der Waals surface area contributed by atoms with E-state index in [2.05, 4.69) is 20.8 Å². The molecule has 4 saturated carbocycles. The monoisotopic (exact) mass is 424 g/mol. The van der Waals surface area contributed by atoms with Gasteiger partial charge in [-0.05, 0) is 91.3 Å². The van der Waals surface area contributed by atoms with Crippen LogP contribution >= 0.6 is 0 Å². The van der Waals surface area contributed by atoms with E-state index in [0.717, 1.165) is 19.3 Å². The lowest BCUT2D eigenvalue weighted by molar-refractivity contribution is -0.243. The Kier molecular flexibility index (Phi) is 5.79. The molecule has 5 N–H and O–H groups in total. The zero-order chi connectivity index (χ0) is 22.0. The molecule has 0 saturated heterocycles. The van der Waals surface area contributed by atoms with Gasteiger partial charge in [-0.2, -0.15) is 0 Å². The van der Waals surface area contributed by atoms with Gasteiger partial charge in [0.15, 0.2) is 0 Å². The van der Waals surface area contributed by atoms with Crippen LogP contribution in [0.4, 0.5) is 0 Å². The molecular formula is C24H40O6. The van der Waals surface area contributed by atoms with E-state index >= 15 is 0 Å². The smallest absolute Gasteiger partial charge is 0.303 e. The summed E-state index contributed by atoms with van der Waals surface area (Å²) in [5.74, 6) is -0.299. The zero-order valence-electron chi connectivity index (χ0n) is 18.6. The third-order valence-corrected chi connectivity index (χ3v) is 10.4. The van der Waals surface area contributed by atoms with E-state index in [1.54, 1.807) is 0 Å². The van der Waals surface area contributed by atoms with Crippen LogP contribution in [0.5, 0.6) is 0 Å². The molecule has 172 valence electrons. The Hall–Kier alpha value is -0.690. The van der Waals surface area contributed by atoms with Crippen LogP contribution in [-0.4, -0.2) is 55.9 Å². The molecular weight excluding hydrogens is 384 g/mol. The van der Waals surface area contributed by atoms with Gasteiger partial charge in [-0.1, -0.05) is 20.8 Å². The minimum atomic E-state index is -0.839. The predicted octanol–water partition coefficient (Wildman–Crippen LogP) is 2.42. The van der Waals surface area contributed by atoms with Gasteiger partial charge in [0.1, 0.15) is 0 Å². The van der Waals surface area contributed by atoms with Gasteiger partial charge >= 0.3 is 5.97 Å². The van der Waals surface area contributed by atoms with Crippen molar-refractivity contribution >= 4 is 5.97 Å². The highest BCUT2D eigenvalue weighted by Crippen LogP contribution is 2.68. The fraction of sp³-hybridized carbons (Fsp3) is 0.958. The fourth-order valence-electron chi connectivity index (χ4n) is 8.72. The van der Waals surface area contributed by atoms with Crippen LogP contribution in [0.3, 0.4) is 0 Å². The second kappa shape index (κ2) is 7.72. The van der Waals surface area contributed by atoms with Crippen LogP contribution in [0.2, 0.25) is 0 Å². The molecule has 0 aromatic carbocycles. The van der Waals surface area contributed by atoms with Crippen LogP contribution in [0.25, 0.3) is 0 Å². The molecule has 0 heterocycles. The highest BCUT2D eigenvalue weighted by Gasteiger charge is 2.67. The summed E-state index contributed by atoms with van der Waals surface area (Å²) in [6, 6.07) is 0. The van der Waals surface area contributed by atoms with E-state index in [4.69, 9.17) is 5.11 Å². The standard InChI is InChI=1S/C24H40O6/c1-12(4-7-19(27)28)14-5-6-15-20-16(11-18(26)24(14,15)3)23(2)9-8-13(25)10-17(23)21(29)22(20)30/h12-18,20-22,25-26,29-30H,4-11H2,1-3H3,(H,27,28)/t12-,13-,14-,15+,16+,17-,18+,20+,21+,22-,23-,24-/m1/s1. The van der Waals surface area contributed by atoms with E-state index in [1.165, 1.54) is 0 Å². The summed E-state index contributed by atoms with van der Waals surface area (Å²) in [6.45, 7) is 6.45. The summed E-state index contributed by atoms with van der Waals surface area (Å²) in [5.41, 5.74) is -0.547. The van der Waals surface area contributed by atoms with E-state index < -0.39 is 30.4 Å². The molecule has 0 aliphatic heterocycles. The largest absolute Gasteiger partial charge is 0.481 e. The topological polar surface area (TPSA) is 118 Å². The summed E-state index contributed by atoms with van der Waals surface area (Å²) in [4.78, 5) is 11.1. The van der Waals surface area contributed by atoms with Crippen LogP contribution < -0.4 is 0 Å². The quantitative estimate of drug-likeness (QED) is 0.473. The molecule has 30 heavy (non-hydrogen) atoms. The third kappa shape index (κ3) is 3.16. The number of carboxylic acids is 1. The number of fused-ring (bicyclic) bond motifs is 5. The number of carbonyl (C=O) groups is 1. The minimum absolute atomic E-state index is 0.0541. The van der Waals surface area contributed by atoms with Crippen molar-refractivity contribution in [1.29, 1.82) is 0 Å². The van der Waals surface area contributed by atoms with E-state index in [0.29, 0.717) is 25.7 Å². The first kappa shape index (κ1) is 22.5. The maximum atomic E-state index is 11.5. The number of rotatable bonds is 4. The Bertz CT molecular complexity index is 668. The molecule has 4 rings (SSSR count). The Morgan fingerprint density at radius 3 is 2.33 bits per heavy atom. The van der Waals surface area contributed by atoms with Crippen LogP contribution in [-0.2, 0) is 4.79 Å². The summed E-state index contributed by atoms with van der Waals surface area (Å²) >= 11 is 0. The maximum absolute atomic E-state index is 11.5. The molecule has 0 radical (unpaired) electrons. The van der Waals surface area contributed by atoms with Gasteiger partial charge in [0.25, 0.3) is 0 Å². The molecule has 0 unspecified atom stereocenters. The van der Waals surface area contributed by atoms with Gasteiger partial charge in [0.05, 0.1) is 24.4 Å². The number of aliphatic hydroxyl groups excluding tert-OH is 4. The zero-order valence-corrected chi connectivity index (χ0v) is 18.6. The van der Waals surface area contributed by atoms with Crippen molar-refractivity contribution in [3.05, 3.63) is 0 Å². The normalized spacial score (nSPS) is 54.0. The van der Waals surface area contributed by atoms with E-state index in [9.17, 15) is 25.2 Å². The average Bonchev–Trinajstić information content (AvgIpc) is 3.05. The third-order valence-electron chi connectivity index (χ3n) is 10.4. The van der Waals surface area contributed by atoms with Gasteiger partial charge in [0.2, 0.25) is 0 Å². The molecule has 12 atom stereocenters. The predicted molar refractivity (Wildman–Crippen MR) is 111 cm³/mol. The van der Waals surface area contributed by atoms with Crippen molar-refractivity contribution in [3.63, 3.8) is 0 Å². The minimum Gasteiger partial charge on any atom is -0.481 e. The highest BCUT2D eigenvalue weighted by molar-refractivity contribution is 5.66. The lowest BCUT2D eigenvalue weighted by Crippen LogP contribution is -2.66. The summed E-state index contributed by atoms with van der Waals surface area (Å²) in [5, 5.41) is 53.1. The highest BCUT2D eigenvalue weighted by atomic mass is 16.4. The molecule has 6 heteroatoms. The molecule has 0 aromatic heterocycles. The van der Waals surface area contributed by atoms with Crippen LogP contribution in [0.1, 0.15) is 72.1 Å². The van der Waals surface area contributed by atoms with Gasteiger partial charge in [0, 0.05) is 6.42 Å². The van der Waals surface area contributed by atoms with Crippen LogP contribution in [0, 0.1) is 46.3 Å². The van der Waals surface area contributed by atoms with Crippen LogP contribution in [0.15, 0.2) is 0 Å². The SMILES string of the molecule is C[C@H](CCC(=O)O)[C@H]1CC[C@H]2[C@@H]3[C@@H](O)[C@@H](O)[C@H]4C[C@H](O)CC[C@]4(C)[C@H]3C[C@H](O)[C@]12C. The Morgan fingerprint density at radius 1 is 0.967 bits per heavy atom. The second-order valence-electron chi connectivity index (χ2n) is 11.5. The van der Waals surface area contributed by atoms with E-state index in [-0.39, 0.29) is 52.8 Å². The molecule has 4 fully saturated rings. The van der Waals surface area contributed by atoms with Crippen molar-refractivity contribution in [2.75, 3.05) is 0 Å². The van der Waals surface area contributed by atoms with Gasteiger partial charge < -0.3 is 25.5 Å². The van der Waals surface area contributed by atoms with Gasteiger partial charge in [-0.15, -0.1) is 0 Å². The fourth-order valence-corrected chi connectivity index (χ4v) is 8.72. The number of carboxylic acid groups (broad SMARTS) is 1.